The van der Waals surface area contributed by atoms with Crippen LogP contribution in [0.1, 0.15) is 12.8 Å². The predicted octanol–water partition coefficient (Wildman–Crippen LogP) is 4.54. The molecule has 4 rings (SSSR count). The van der Waals surface area contributed by atoms with Crippen molar-refractivity contribution >= 4 is 21.6 Å². The number of anilines is 1. The van der Waals surface area contributed by atoms with Gasteiger partial charge in [-0.1, -0.05) is 30.3 Å². The topological polar surface area (TPSA) is 94.2 Å². The van der Waals surface area contributed by atoms with Gasteiger partial charge >= 0.3 is 0 Å². The van der Waals surface area contributed by atoms with Gasteiger partial charge in [0, 0.05) is 19.2 Å². The number of nitrogens with zero attached hydrogens (tertiary/aromatic N) is 1. The van der Waals surface area contributed by atoms with Gasteiger partial charge in [0.15, 0.2) is 17.2 Å². The number of carbonyl (C=O) groups excluding carboxylic acids is 1. The smallest absolute Gasteiger partial charge is 0.243 e. The van der Waals surface area contributed by atoms with Crippen LogP contribution in [0.4, 0.5) is 5.69 Å². The second-order valence-corrected chi connectivity index (χ2v) is 10.1. The zero-order chi connectivity index (χ0) is 24.8. The van der Waals surface area contributed by atoms with Gasteiger partial charge in [-0.25, -0.2) is 8.42 Å². The van der Waals surface area contributed by atoms with Crippen molar-refractivity contribution in [2.24, 2.45) is 5.92 Å². The first kappa shape index (κ1) is 24.6. The highest BCUT2D eigenvalue weighted by molar-refractivity contribution is 7.89. The number of hydrogen-bond acceptors (Lipinski definition) is 6. The van der Waals surface area contributed by atoms with E-state index in [0.717, 1.165) is 0 Å². The number of sulfonamides is 1. The Balaban J connectivity index is 1.48. The fourth-order valence-corrected chi connectivity index (χ4v) is 5.55. The first-order valence-electron chi connectivity index (χ1n) is 11.3. The summed E-state index contributed by atoms with van der Waals surface area (Å²) < 4.78 is 44.4. The van der Waals surface area contributed by atoms with Crippen molar-refractivity contribution in [3.63, 3.8) is 0 Å². The molecule has 0 spiro atoms. The number of hydrogen-bond donors (Lipinski definition) is 1. The van der Waals surface area contributed by atoms with Crippen LogP contribution in [0.2, 0.25) is 0 Å². The third kappa shape index (κ3) is 5.58. The Morgan fingerprint density at radius 1 is 0.914 bits per heavy atom. The van der Waals surface area contributed by atoms with E-state index in [4.69, 9.17) is 14.2 Å². The molecule has 3 aromatic rings. The van der Waals surface area contributed by atoms with Gasteiger partial charge in [0.2, 0.25) is 15.9 Å². The van der Waals surface area contributed by atoms with Gasteiger partial charge in [-0.2, -0.15) is 4.31 Å². The summed E-state index contributed by atoms with van der Waals surface area (Å²) in [7, 11) is -0.872. The minimum atomic E-state index is -3.81. The van der Waals surface area contributed by atoms with E-state index in [-0.39, 0.29) is 17.3 Å². The minimum Gasteiger partial charge on any atom is -0.493 e. The van der Waals surface area contributed by atoms with Crippen LogP contribution in [-0.2, 0) is 14.8 Å². The number of benzene rings is 3. The number of piperidine rings is 1. The molecule has 1 heterocycles. The molecular formula is C26H28N2O6S. The van der Waals surface area contributed by atoms with Crippen molar-refractivity contribution in [2.45, 2.75) is 17.7 Å². The van der Waals surface area contributed by atoms with E-state index in [1.54, 1.807) is 18.2 Å². The fraction of sp³-hybridized carbons (Fsp3) is 0.269. The van der Waals surface area contributed by atoms with Crippen LogP contribution in [-0.4, -0.2) is 45.9 Å². The van der Waals surface area contributed by atoms with E-state index < -0.39 is 15.9 Å². The highest BCUT2D eigenvalue weighted by Crippen LogP contribution is 2.33. The van der Waals surface area contributed by atoms with E-state index in [2.05, 4.69) is 5.32 Å². The predicted molar refractivity (Wildman–Crippen MR) is 133 cm³/mol. The maximum Gasteiger partial charge on any atom is 0.243 e. The van der Waals surface area contributed by atoms with Crippen molar-refractivity contribution in [3.8, 4) is 23.0 Å². The Bertz CT molecular complexity index is 1280. The first-order valence-corrected chi connectivity index (χ1v) is 12.7. The number of carbonyl (C=O) groups is 1. The molecule has 1 saturated heterocycles. The van der Waals surface area contributed by atoms with Crippen molar-refractivity contribution in [1.82, 2.24) is 4.31 Å². The molecule has 9 heteroatoms. The highest BCUT2D eigenvalue weighted by atomic mass is 32.2. The molecule has 0 bridgehead atoms. The summed E-state index contributed by atoms with van der Waals surface area (Å²) in [6, 6.07) is 20.9. The molecule has 0 unspecified atom stereocenters. The summed E-state index contributed by atoms with van der Waals surface area (Å²) in [6.45, 7) is 0.429. The lowest BCUT2D eigenvalue weighted by Gasteiger charge is -2.31. The summed E-state index contributed by atoms with van der Waals surface area (Å²) >= 11 is 0. The average molecular weight is 497 g/mol. The Morgan fingerprint density at radius 3 is 2.37 bits per heavy atom. The number of ether oxygens (including phenoxy) is 3. The lowest BCUT2D eigenvalue weighted by atomic mass is 9.98. The van der Waals surface area contributed by atoms with E-state index in [0.29, 0.717) is 48.1 Å². The highest BCUT2D eigenvalue weighted by Gasteiger charge is 2.34. The third-order valence-electron chi connectivity index (χ3n) is 5.86. The molecule has 0 saturated carbocycles. The maximum absolute atomic E-state index is 13.3. The molecule has 1 aliphatic rings. The van der Waals surface area contributed by atoms with Gasteiger partial charge in [-0.15, -0.1) is 0 Å². The number of para-hydroxylation sites is 3. The maximum atomic E-state index is 13.3. The second kappa shape index (κ2) is 10.8. The monoisotopic (exact) mass is 496 g/mol. The zero-order valence-electron chi connectivity index (χ0n) is 19.6. The van der Waals surface area contributed by atoms with Crippen molar-refractivity contribution in [2.75, 3.05) is 32.6 Å². The third-order valence-corrected chi connectivity index (χ3v) is 7.72. The van der Waals surface area contributed by atoms with E-state index in [9.17, 15) is 13.2 Å². The summed E-state index contributed by atoms with van der Waals surface area (Å²) in [5.74, 6) is 1.19. The largest absolute Gasteiger partial charge is 0.493 e. The van der Waals surface area contributed by atoms with Gasteiger partial charge in [0.05, 0.1) is 30.7 Å². The Hall–Kier alpha value is -3.56. The fourth-order valence-electron chi connectivity index (χ4n) is 4.01. The second-order valence-electron chi connectivity index (χ2n) is 8.12. The molecule has 35 heavy (non-hydrogen) atoms. The molecule has 1 amide bonds. The quantitative estimate of drug-likeness (QED) is 0.492. The SMILES string of the molecule is COc1ccc(S(=O)(=O)N2CCC[C@@H](C(=O)Nc3ccccc3Oc3ccccc3)C2)cc1OC. The average Bonchev–Trinajstić information content (AvgIpc) is 2.90. The van der Waals surface area contributed by atoms with Crippen LogP contribution in [0.3, 0.4) is 0 Å². The van der Waals surface area contributed by atoms with Gasteiger partial charge in [-0.05, 0) is 49.2 Å². The Kier molecular flexibility index (Phi) is 7.57. The lowest BCUT2D eigenvalue weighted by Crippen LogP contribution is -2.43. The molecular weight excluding hydrogens is 468 g/mol. The molecule has 1 aliphatic heterocycles. The van der Waals surface area contributed by atoms with Gasteiger partial charge in [0.1, 0.15) is 5.75 Å². The summed E-state index contributed by atoms with van der Waals surface area (Å²) in [6.07, 6.45) is 1.16. The normalized spacial score (nSPS) is 16.3. The van der Waals surface area contributed by atoms with Crippen molar-refractivity contribution < 1.29 is 27.4 Å². The first-order chi connectivity index (χ1) is 16.9. The van der Waals surface area contributed by atoms with Gasteiger partial charge < -0.3 is 19.5 Å². The van der Waals surface area contributed by atoms with Crippen LogP contribution >= 0.6 is 0 Å². The molecule has 8 nitrogen and oxygen atoms in total. The molecule has 3 aromatic carbocycles. The van der Waals surface area contributed by atoms with Crippen molar-refractivity contribution in [1.29, 1.82) is 0 Å². The summed E-state index contributed by atoms with van der Waals surface area (Å²) in [5, 5.41) is 2.92. The molecule has 1 atom stereocenters. The number of methoxy groups -OCH3 is 2. The van der Waals surface area contributed by atoms with Crippen LogP contribution in [0.15, 0.2) is 77.7 Å². The van der Waals surface area contributed by atoms with Crippen LogP contribution in [0, 0.1) is 5.92 Å². The number of rotatable bonds is 8. The van der Waals surface area contributed by atoms with Crippen molar-refractivity contribution in [3.05, 3.63) is 72.8 Å². The van der Waals surface area contributed by atoms with Gasteiger partial charge in [0.25, 0.3) is 0 Å². The zero-order valence-corrected chi connectivity index (χ0v) is 20.5. The van der Waals surface area contributed by atoms with Gasteiger partial charge in [-0.3, -0.25) is 4.79 Å². The molecule has 1 N–H and O–H groups in total. The summed E-state index contributed by atoms with van der Waals surface area (Å²) in [4.78, 5) is 13.2. The van der Waals surface area contributed by atoms with E-state index in [1.807, 2.05) is 42.5 Å². The van der Waals surface area contributed by atoms with Crippen LogP contribution in [0.25, 0.3) is 0 Å². The standard InChI is InChI=1S/C26H28N2O6S/c1-32-24-15-14-21(17-25(24)33-2)35(30,31)28-16-8-9-19(18-28)26(29)27-22-12-6-7-13-23(22)34-20-10-4-3-5-11-20/h3-7,10-15,17,19H,8-9,16,18H2,1-2H3,(H,27,29)/t19-/m1/s1. The van der Waals surface area contributed by atoms with Crippen LogP contribution in [0.5, 0.6) is 23.0 Å². The minimum absolute atomic E-state index is 0.0875. The van der Waals surface area contributed by atoms with E-state index >= 15 is 0 Å². The number of nitrogens with one attached hydrogen (secondary N) is 1. The molecule has 0 radical (unpaired) electrons. The molecule has 0 aromatic heterocycles. The molecule has 184 valence electrons. The molecule has 1 fully saturated rings. The van der Waals surface area contributed by atoms with E-state index in [1.165, 1.54) is 30.7 Å². The summed E-state index contributed by atoms with van der Waals surface area (Å²) in [5.41, 5.74) is 0.529. The lowest BCUT2D eigenvalue weighted by molar-refractivity contribution is -0.120. The molecule has 0 aliphatic carbocycles. The Labute approximate surface area is 205 Å². The van der Waals surface area contributed by atoms with Crippen LogP contribution < -0.4 is 19.5 Å². The number of amides is 1. The Morgan fingerprint density at radius 2 is 1.63 bits per heavy atom.